The summed E-state index contributed by atoms with van der Waals surface area (Å²) in [6, 6.07) is 0.551. The van der Waals surface area contributed by atoms with Gasteiger partial charge in [0.1, 0.15) is 13.2 Å². The Morgan fingerprint density at radius 2 is 1.00 bits per heavy atom. The summed E-state index contributed by atoms with van der Waals surface area (Å²) < 4.78 is 13.3. The second kappa shape index (κ2) is 35.0. The van der Waals surface area contributed by atoms with Gasteiger partial charge in [-0.25, -0.2) is 0 Å². The maximum Gasteiger partial charge on any atom is 0.306 e. The second-order valence-corrected chi connectivity index (χ2v) is 14.2. The highest BCUT2D eigenvalue weighted by Gasteiger charge is 2.11. The smallest absolute Gasteiger partial charge is 0.306 e. The van der Waals surface area contributed by atoms with E-state index in [2.05, 4.69) is 56.2 Å². The molecule has 0 N–H and O–H groups in total. The quantitative estimate of drug-likeness (QED) is 0.0293. The SMILES string of the molecule is CCCCCC/C=C\COC(=O)CCCCCCCN(CCCCCCCC(=O)OC/C=C\CCCCCC)SCC(C)N(C)C. The fourth-order valence-electron chi connectivity index (χ4n) is 4.96. The van der Waals surface area contributed by atoms with E-state index in [0.29, 0.717) is 32.1 Å². The van der Waals surface area contributed by atoms with E-state index in [-0.39, 0.29) is 11.9 Å². The Labute approximate surface area is 290 Å². The molecule has 0 fully saturated rings. The molecule has 0 rings (SSSR count). The fourth-order valence-corrected chi connectivity index (χ4v) is 6.20. The maximum absolute atomic E-state index is 12.0. The minimum Gasteiger partial charge on any atom is -0.461 e. The molecule has 0 aromatic carbocycles. The van der Waals surface area contributed by atoms with E-state index < -0.39 is 0 Å². The van der Waals surface area contributed by atoms with Gasteiger partial charge in [0.2, 0.25) is 0 Å². The summed E-state index contributed by atoms with van der Waals surface area (Å²) >= 11 is 1.99. The summed E-state index contributed by atoms with van der Waals surface area (Å²) in [6.07, 6.45) is 32.8. The third kappa shape index (κ3) is 32.6. The van der Waals surface area contributed by atoms with Crippen molar-refractivity contribution in [3.63, 3.8) is 0 Å². The lowest BCUT2D eigenvalue weighted by molar-refractivity contribution is -0.143. The highest BCUT2D eigenvalue weighted by atomic mass is 32.2. The topological polar surface area (TPSA) is 59.1 Å². The zero-order valence-corrected chi connectivity index (χ0v) is 31.7. The van der Waals surface area contributed by atoms with Crippen molar-refractivity contribution in [2.45, 2.75) is 168 Å². The summed E-state index contributed by atoms with van der Waals surface area (Å²) in [6.45, 7) is 9.81. The molecular weight excluding hydrogens is 593 g/mol. The van der Waals surface area contributed by atoms with Gasteiger partial charge in [-0.2, -0.15) is 0 Å². The lowest BCUT2D eigenvalue weighted by Crippen LogP contribution is -2.29. The first-order chi connectivity index (χ1) is 22.4. The Bertz CT molecular complexity index is 692. The molecule has 1 unspecified atom stereocenters. The van der Waals surface area contributed by atoms with Gasteiger partial charge >= 0.3 is 11.9 Å². The molecule has 0 bridgehead atoms. The predicted molar refractivity (Wildman–Crippen MR) is 200 cm³/mol. The third-order valence-corrected chi connectivity index (χ3v) is 9.78. The summed E-state index contributed by atoms with van der Waals surface area (Å²) in [5.41, 5.74) is 0. The van der Waals surface area contributed by atoms with Crippen molar-refractivity contribution in [3.05, 3.63) is 24.3 Å². The van der Waals surface area contributed by atoms with Crippen LogP contribution in [0.3, 0.4) is 0 Å². The average Bonchev–Trinajstić information content (AvgIpc) is 3.04. The van der Waals surface area contributed by atoms with Crippen LogP contribution in [0.4, 0.5) is 0 Å². The second-order valence-electron chi connectivity index (χ2n) is 13.1. The molecule has 6 nitrogen and oxygen atoms in total. The van der Waals surface area contributed by atoms with Crippen LogP contribution >= 0.6 is 11.9 Å². The number of esters is 2. The van der Waals surface area contributed by atoms with Gasteiger partial charge in [0, 0.05) is 37.7 Å². The number of carbonyl (C=O) groups is 2. The van der Waals surface area contributed by atoms with Crippen molar-refractivity contribution in [2.24, 2.45) is 0 Å². The first kappa shape index (κ1) is 44.7. The zero-order chi connectivity index (χ0) is 33.9. The summed E-state index contributed by atoms with van der Waals surface area (Å²) in [7, 11) is 4.31. The molecule has 0 aliphatic carbocycles. The van der Waals surface area contributed by atoms with Crippen LogP contribution in [0, 0.1) is 0 Å². The zero-order valence-electron chi connectivity index (χ0n) is 30.9. The van der Waals surface area contributed by atoms with Crippen LogP contribution in [0.15, 0.2) is 24.3 Å². The van der Waals surface area contributed by atoms with Crippen LogP contribution in [0.25, 0.3) is 0 Å². The van der Waals surface area contributed by atoms with Gasteiger partial charge in [-0.15, -0.1) is 0 Å². The summed E-state index contributed by atoms with van der Waals surface area (Å²) in [4.78, 5) is 26.3. The van der Waals surface area contributed by atoms with Gasteiger partial charge in [0.15, 0.2) is 0 Å². The largest absolute Gasteiger partial charge is 0.461 e. The van der Waals surface area contributed by atoms with Crippen LogP contribution in [0.5, 0.6) is 0 Å². The van der Waals surface area contributed by atoms with Crippen molar-refractivity contribution in [3.8, 4) is 0 Å². The molecular formula is C39H74N2O4S. The van der Waals surface area contributed by atoms with Gasteiger partial charge < -0.3 is 14.4 Å². The average molecular weight is 667 g/mol. The highest BCUT2D eigenvalue weighted by molar-refractivity contribution is 7.97. The molecule has 0 heterocycles. The predicted octanol–water partition coefficient (Wildman–Crippen LogP) is 10.7. The number of hydrogen-bond donors (Lipinski definition) is 0. The molecule has 0 amide bonds. The standard InChI is InChI=1S/C39H74N2O4S/c1-6-8-10-12-14-22-28-34-44-38(42)30-24-18-16-20-26-32-41(46-36-37(3)40(4)5)33-27-21-17-19-25-31-39(43)45-35-29-23-15-13-11-9-7-2/h22-23,28-29,37H,6-21,24-27,30-36H2,1-5H3/b28-22-,29-23-. The summed E-state index contributed by atoms with van der Waals surface area (Å²) in [5, 5.41) is 0. The third-order valence-electron chi connectivity index (χ3n) is 8.42. The van der Waals surface area contributed by atoms with E-state index in [0.717, 1.165) is 57.4 Å². The number of allylic oxidation sites excluding steroid dienone is 2. The highest BCUT2D eigenvalue weighted by Crippen LogP contribution is 2.18. The molecule has 0 aliphatic heterocycles. The Morgan fingerprint density at radius 3 is 1.43 bits per heavy atom. The number of nitrogens with zero attached hydrogens (tertiary/aromatic N) is 2. The molecule has 270 valence electrons. The number of rotatable bonds is 34. The van der Waals surface area contributed by atoms with Crippen LogP contribution in [-0.2, 0) is 19.1 Å². The molecule has 0 aromatic heterocycles. The first-order valence-electron chi connectivity index (χ1n) is 19.1. The number of hydrogen-bond acceptors (Lipinski definition) is 7. The fraction of sp³-hybridized carbons (Fsp3) is 0.846. The Hall–Kier alpha value is -1.31. The van der Waals surface area contributed by atoms with Crippen molar-refractivity contribution >= 4 is 23.9 Å². The maximum atomic E-state index is 12.0. The lowest BCUT2D eigenvalue weighted by atomic mass is 10.1. The minimum atomic E-state index is -0.0654. The Morgan fingerprint density at radius 1 is 0.587 bits per heavy atom. The van der Waals surface area contributed by atoms with Crippen molar-refractivity contribution in [2.75, 3.05) is 46.2 Å². The van der Waals surface area contributed by atoms with E-state index in [1.165, 1.54) is 89.9 Å². The van der Waals surface area contributed by atoms with Crippen LogP contribution in [-0.4, -0.2) is 73.3 Å². The van der Waals surface area contributed by atoms with Crippen LogP contribution in [0.2, 0.25) is 0 Å². The molecule has 0 aliphatic rings. The van der Waals surface area contributed by atoms with Crippen LogP contribution in [0.1, 0.15) is 162 Å². The van der Waals surface area contributed by atoms with E-state index in [1.54, 1.807) is 0 Å². The number of ether oxygens (including phenoxy) is 2. The van der Waals surface area contributed by atoms with Crippen LogP contribution < -0.4 is 0 Å². The summed E-state index contributed by atoms with van der Waals surface area (Å²) in [5.74, 6) is 0.980. The Balaban J connectivity index is 3.98. The van der Waals surface area contributed by atoms with Crippen molar-refractivity contribution in [1.82, 2.24) is 9.21 Å². The van der Waals surface area contributed by atoms with Gasteiger partial charge in [-0.1, -0.05) is 127 Å². The molecule has 0 spiro atoms. The molecule has 0 saturated carbocycles. The van der Waals surface area contributed by atoms with Crippen molar-refractivity contribution < 1.29 is 19.1 Å². The van der Waals surface area contributed by atoms with E-state index in [1.807, 2.05) is 24.1 Å². The lowest BCUT2D eigenvalue weighted by Gasteiger charge is -2.25. The van der Waals surface area contributed by atoms with E-state index in [9.17, 15) is 9.59 Å². The minimum absolute atomic E-state index is 0.0654. The Kier molecular flexibility index (Phi) is 34.0. The molecule has 7 heteroatoms. The molecule has 46 heavy (non-hydrogen) atoms. The van der Waals surface area contributed by atoms with Gasteiger partial charge in [-0.05, 0) is 72.4 Å². The van der Waals surface area contributed by atoms with Crippen molar-refractivity contribution in [1.29, 1.82) is 0 Å². The number of carbonyl (C=O) groups excluding carboxylic acids is 2. The van der Waals surface area contributed by atoms with Gasteiger partial charge in [0.05, 0.1) is 0 Å². The van der Waals surface area contributed by atoms with E-state index in [4.69, 9.17) is 9.47 Å². The molecule has 1 atom stereocenters. The molecule has 0 aromatic rings. The number of unbranched alkanes of at least 4 members (excludes halogenated alkanes) is 16. The first-order valence-corrected chi connectivity index (χ1v) is 20.0. The van der Waals surface area contributed by atoms with E-state index >= 15 is 0 Å². The molecule has 0 radical (unpaired) electrons. The normalized spacial score (nSPS) is 12.6. The van der Waals surface area contributed by atoms with Gasteiger partial charge in [0.25, 0.3) is 0 Å². The molecule has 0 saturated heterocycles. The van der Waals surface area contributed by atoms with Gasteiger partial charge in [-0.3, -0.25) is 13.9 Å². The monoisotopic (exact) mass is 667 g/mol.